The first-order valence-electron chi connectivity index (χ1n) is 14.0. The van der Waals surface area contributed by atoms with E-state index in [-0.39, 0.29) is 11.7 Å². The van der Waals surface area contributed by atoms with Gasteiger partial charge in [0.15, 0.2) is 0 Å². The van der Waals surface area contributed by atoms with Crippen molar-refractivity contribution in [3.05, 3.63) is 89.5 Å². The Morgan fingerprint density at radius 1 is 1.02 bits per heavy atom. The highest BCUT2D eigenvalue weighted by atomic mass is 19.1. The van der Waals surface area contributed by atoms with E-state index in [4.69, 9.17) is 4.74 Å². The molecule has 3 aromatic carbocycles. The zero-order valence-corrected chi connectivity index (χ0v) is 22.7. The predicted octanol–water partition coefficient (Wildman–Crippen LogP) is 4.16. The second kappa shape index (κ2) is 9.98. The summed E-state index contributed by atoms with van der Waals surface area (Å²) in [4.78, 5) is 20.8. The molecule has 4 aromatic rings. The van der Waals surface area contributed by atoms with Crippen LogP contribution in [-0.2, 0) is 29.1 Å². The summed E-state index contributed by atoms with van der Waals surface area (Å²) in [6, 6.07) is 20.1. The molecule has 1 amide bonds. The van der Waals surface area contributed by atoms with E-state index >= 15 is 0 Å². The molecule has 3 aliphatic rings. The van der Waals surface area contributed by atoms with Gasteiger partial charge in [0.1, 0.15) is 17.1 Å². The summed E-state index contributed by atoms with van der Waals surface area (Å²) in [5.74, 6) is -0.131. The molecular formula is C31H33FN6O2. The predicted molar refractivity (Wildman–Crippen MR) is 150 cm³/mol. The van der Waals surface area contributed by atoms with Gasteiger partial charge in [0, 0.05) is 38.5 Å². The summed E-state index contributed by atoms with van der Waals surface area (Å²) in [5, 5.41) is 11.0. The van der Waals surface area contributed by atoms with Crippen molar-refractivity contribution >= 4 is 22.4 Å². The minimum Gasteiger partial charge on any atom is -0.378 e. The summed E-state index contributed by atoms with van der Waals surface area (Å²) < 4.78 is 20.7. The van der Waals surface area contributed by atoms with Crippen LogP contribution in [0.1, 0.15) is 35.7 Å². The number of ether oxygens (including phenoxy) is 1. The monoisotopic (exact) mass is 540 g/mol. The van der Waals surface area contributed by atoms with Crippen LogP contribution >= 0.6 is 0 Å². The van der Waals surface area contributed by atoms with E-state index in [1.165, 1.54) is 34.0 Å². The van der Waals surface area contributed by atoms with Crippen molar-refractivity contribution in [1.82, 2.24) is 24.8 Å². The van der Waals surface area contributed by atoms with E-state index in [0.29, 0.717) is 32.4 Å². The average Bonchev–Trinajstić information content (AvgIpc) is 3.66. The first-order valence-corrected chi connectivity index (χ1v) is 14.0. The van der Waals surface area contributed by atoms with Gasteiger partial charge in [-0.25, -0.2) is 4.39 Å². The minimum atomic E-state index is -0.643. The maximum absolute atomic E-state index is 14.1. The highest BCUT2D eigenvalue weighted by Crippen LogP contribution is 2.45. The second-order valence-corrected chi connectivity index (χ2v) is 11.2. The number of rotatable bonds is 7. The zero-order chi connectivity index (χ0) is 27.3. The Kier molecular flexibility index (Phi) is 6.28. The number of hydrogen-bond donors (Lipinski definition) is 0. The molecule has 2 aliphatic heterocycles. The molecule has 0 N–H and O–H groups in total. The lowest BCUT2D eigenvalue weighted by molar-refractivity contribution is -0.134. The molecule has 1 aliphatic carbocycles. The van der Waals surface area contributed by atoms with E-state index in [0.717, 1.165) is 43.7 Å². The number of amides is 1. The average molecular weight is 541 g/mol. The topological polar surface area (TPSA) is 66.7 Å². The number of piperidine rings is 1. The first kappa shape index (κ1) is 25.2. The third kappa shape index (κ3) is 4.15. The van der Waals surface area contributed by atoms with Crippen LogP contribution in [0.25, 0.3) is 10.8 Å². The van der Waals surface area contributed by atoms with Gasteiger partial charge in [-0.3, -0.25) is 14.4 Å². The molecule has 1 aromatic heterocycles. The van der Waals surface area contributed by atoms with Gasteiger partial charge >= 0.3 is 0 Å². The minimum absolute atomic E-state index is 0.144. The van der Waals surface area contributed by atoms with Crippen LogP contribution in [0.3, 0.4) is 0 Å². The van der Waals surface area contributed by atoms with Gasteiger partial charge in [-0.05, 0) is 65.4 Å². The van der Waals surface area contributed by atoms with Crippen molar-refractivity contribution in [1.29, 1.82) is 0 Å². The molecule has 40 heavy (non-hydrogen) atoms. The highest BCUT2D eigenvalue weighted by Gasteiger charge is 2.54. The third-order valence-electron chi connectivity index (χ3n) is 8.99. The highest BCUT2D eigenvalue weighted by molar-refractivity contribution is 5.94. The number of hydrogen-bond acceptors (Lipinski definition) is 6. The fraction of sp³-hybridized carbons (Fsp3) is 0.387. The van der Waals surface area contributed by atoms with Gasteiger partial charge in [0.25, 0.3) is 0 Å². The molecule has 9 heteroatoms. The normalized spacial score (nSPS) is 20.4. The zero-order valence-electron chi connectivity index (χ0n) is 22.7. The third-order valence-corrected chi connectivity index (χ3v) is 8.99. The van der Waals surface area contributed by atoms with Gasteiger partial charge in [0.2, 0.25) is 5.91 Å². The number of anilines is 1. The van der Waals surface area contributed by atoms with Gasteiger partial charge in [-0.2, -0.15) is 0 Å². The largest absolute Gasteiger partial charge is 0.378 e. The number of likely N-dealkylation sites (tertiary alicyclic amines) is 1. The van der Waals surface area contributed by atoms with Crippen LogP contribution in [0.15, 0.2) is 66.9 Å². The fourth-order valence-electron chi connectivity index (χ4n) is 7.02. The second-order valence-electron chi connectivity index (χ2n) is 11.2. The van der Waals surface area contributed by atoms with Crippen molar-refractivity contribution in [3.63, 3.8) is 0 Å². The van der Waals surface area contributed by atoms with Gasteiger partial charge in [-0.1, -0.05) is 41.6 Å². The molecule has 2 saturated heterocycles. The van der Waals surface area contributed by atoms with Crippen molar-refractivity contribution in [2.75, 3.05) is 38.3 Å². The van der Waals surface area contributed by atoms with Gasteiger partial charge in [0.05, 0.1) is 26.0 Å². The Balaban J connectivity index is 1.12. The molecule has 0 saturated carbocycles. The standard InChI is InChI=1S/C31H33FN6O2/c1-40-20-25-19-37(34-33-25)17-16-36-21-38(26-10-8-24(32)9-11-26)31(30(36)39)12-14-35(15-13-31)28-18-23-6-2-4-22-5-3-7-27(28)29(22)23/h2-11,19,28H,12-18,20-21H2,1H3/t28-/m1/s1. The summed E-state index contributed by atoms with van der Waals surface area (Å²) in [5.41, 5.74) is 3.81. The Labute approximate surface area is 232 Å². The van der Waals surface area contributed by atoms with Crippen LogP contribution in [0.5, 0.6) is 0 Å². The van der Waals surface area contributed by atoms with E-state index in [1.54, 1.807) is 23.9 Å². The number of carbonyl (C=O) groups is 1. The number of halogens is 1. The van der Waals surface area contributed by atoms with Crippen LogP contribution in [0.4, 0.5) is 10.1 Å². The lowest BCUT2D eigenvalue weighted by Gasteiger charge is -2.45. The van der Waals surface area contributed by atoms with E-state index in [2.05, 4.69) is 56.5 Å². The molecule has 2 fully saturated rings. The molecule has 0 unspecified atom stereocenters. The molecular weight excluding hydrogens is 507 g/mol. The molecule has 8 nitrogen and oxygen atoms in total. The van der Waals surface area contributed by atoms with Crippen molar-refractivity contribution in [2.45, 2.75) is 44.0 Å². The van der Waals surface area contributed by atoms with Crippen LogP contribution < -0.4 is 4.90 Å². The lowest BCUT2D eigenvalue weighted by atomic mass is 9.84. The molecule has 1 spiro atoms. The summed E-state index contributed by atoms with van der Waals surface area (Å²) in [6.07, 6.45) is 4.32. The van der Waals surface area contributed by atoms with Crippen molar-refractivity contribution in [2.24, 2.45) is 0 Å². The Morgan fingerprint density at radius 3 is 2.58 bits per heavy atom. The molecule has 3 heterocycles. The fourth-order valence-corrected chi connectivity index (χ4v) is 7.02. The van der Waals surface area contributed by atoms with E-state index in [9.17, 15) is 9.18 Å². The lowest BCUT2D eigenvalue weighted by Crippen LogP contribution is -2.57. The molecule has 0 bridgehead atoms. The molecule has 206 valence electrons. The van der Waals surface area contributed by atoms with Crippen LogP contribution in [0, 0.1) is 5.82 Å². The van der Waals surface area contributed by atoms with Crippen molar-refractivity contribution in [3.8, 4) is 0 Å². The van der Waals surface area contributed by atoms with Crippen molar-refractivity contribution < 1.29 is 13.9 Å². The van der Waals surface area contributed by atoms with Crippen LogP contribution in [-0.4, -0.2) is 69.7 Å². The number of methoxy groups -OCH3 is 1. The van der Waals surface area contributed by atoms with E-state index in [1.807, 2.05) is 11.1 Å². The molecule has 1 atom stereocenters. The van der Waals surface area contributed by atoms with Gasteiger partial charge in [-0.15, -0.1) is 5.10 Å². The van der Waals surface area contributed by atoms with E-state index < -0.39 is 5.54 Å². The van der Waals surface area contributed by atoms with Crippen LogP contribution in [0.2, 0.25) is 0 Å². The maximum atomic E-state index is 14.1. The van der Waals surface area contributed by atoms with Gasteiger partial charge < -0.3 is 14.5 Å². The summed E-state index contributed by atoms with van der Waals surface area (Å²) in [6.45, 7) is 3.61. The number of aromatic nitrogens is 3. The summed E-state index contributed by atoms with van der Waals surface area (Å²) >= 11 is 0. The smallest absolute Gasteiger partial charge is 0.250 e. The SMILES string of the molecule is COCc1cn(CCN2CN(c3ccc(F)cc3)C3(CCN([C@@H]4Cc5cccc6cccc4c56)CC3)C2=O)nn1. The number of benzene rings is 3. The molecule has 7 rings (SSSR count). The summed E-state index contributed by atoms with van der Waals surface area (Å²) in [7, 11) is 1.63. The number of nitrogens with zero attached hydrogens (tertiary/aromatic N) is 6. The Bertz CT molecular complexity index is 1540. The first-order chi connectivity index (χ1) is 19.6. The Hall–Kier alpha value is -3.82. The quantitative estimate of drug-likeness (QED) is 0.351. The molecule has 0 radical (unpaired) electrons. The number of carbonyl (C=O) groups excluding carboxylic acids is 1. The Morgan fingerprint density at radius 2 is 1.80 bits per heavy atom. The maximum Gasteiger partial charge on any atom is 0.250 e.